The van der Waals surface area contributed by atoms with Crippen LogP contribution in [0.2, 0.25) is 0 Å². The summed E-state index contributed by atoms with van der Waals surface area (Å²) in [6, 6.07) is 22.3. The maximum atomic E-state index is 14.7. The topological polar surface area (TPSA) is 18.5 Å². The van der Waals surface area contributed by atoms with E-state index in [1.165, 1.54) is 68.6 Å². The summed E-state index contributed by atoms with van der Waals surface area (Å²) < 4.78 is 26.4. The van der Waals surface area contributed by atoms with Crippen molar-refractivity contribution in [2.45, 2.75) is 90.3 Å². The lowest BCUT2D eigenvalue weighted by Crippen LogP contribution is -2.10. The predicted octanol–water partition coefficient (Wildman–Crippen LogP) is 9.57. The van der Waals surface area contributed by atoms with Crippen molar-refractivity contribution in [2.75, 3.05) is 0 Å². The molecular formula is C34H41FO2. The summed E-state index contributed by atoms with van der Waals surface area (Å²) in [6.07, 6.45) is 10.4. The first-order valence-corrected chi connectivity index (χ1v) is 14.3. The molecule has 0 radical (unpaired) electrons. The van der Waals surface area contributed by atoms with Gasteiger partial charge >= 0.3 is 0 Å². The summed E-state index contributed by atoms with van der Waals surface area (Å²) in [4.78, 5) is 0. The van der Waals surface area contributed by atoms with Crippen LogP contribution < -0.4 is 9.47 Å². The number of benzene rings is 3. The molecule has 2 nitrogen and oxygen atoms in total. The van der Waals surface area contributed by atoms with E-state index in [0.717, 1.165) is 23.0 Å². The molecule has 0 spiro atoms. The molecule has 3 heteroatoms. The van der Waals surface area contributed by atoms with Gasteiger partial charge in [-0.2, -0.15) is 0 Å². The van der Waals surface area contributed by atoms with E-state index in [1.54, 1.807) is 12.1 Å². The maximum Gasteiger partial charge on any atom is 0.168 e. The summed E-state index contributed by atoms with van der Waals surface area (Å²) in [5, 5.41) is 0. The van der Waals surface area contributed by atoms with Crippen LogP contribution in [0.25, 0.3) is 0 Å². The van der Waals surface area contributed by atoms with Gasteiger partial charge in [-0.3, -0.25) is 0 Å². The highest BCUT2D eigenvalue weighted by Crippen LogP contribution is 2.36. The van der Waals surface area contributed by atoms with Gasteiger partial charge in [0.05, 0.1) is 0 Å². The molecule has 0 saturated heterocycles. The average Bonchev–Trinajstić information content (AvgIpc) is 2.93. The van der Waals surface area contributed by atoms with Crippen LogP contribution in [0.3, 0.4) is 0 Å². The lowest BCUT2D eigenvalue weighted by Gasteiger charge is -2.26. The summed E-state index contributed by atoms with van der Waals surface area (Å²) in [7, 11) is 0. The van der Waals surface area contributed by atoms with Crippen molar-refractivity contribution in [3.63, 3.8) is 0 Å². The smallest absolute Gasteiger partial charge is 0.168 e. The predicted molar refractivity (Wildman–Crippen MR) is 149 cm³/mol. The first-order valence-electron chi connectivity index (χ1n) is 14.3. The molecular weight excluding hydrogens is 459 g/mol. The van der Waals surface area contributed by atoms with E-state index in [-0.39, 0.29) is 5.75 Å². The van der Waals surface area contributed by atoms with Gasteiger partial charge < -0.3 is 9.47 Å². The van der Waals surface area contributed by atoms with Crippen LogP contribution in [0.15, 0.2) is 66.7 Å². The van der Waals surface area contributed by atoms with E-state index in [9.17, 15) is 4.39 Å². The molecule has 0 atom stereocenters. The Balaban J connectivity index is 1.10. The molecule has 2 saturated carbocycles. The van der Waals surface area contributed by atoms with Crippen molar-refractivity contribution in [3.8, 4) is 11.5 Å². The van der Waals surface area contributed by atoms with Crippen LogP contribution in [-0.4, -0.2) is 0 Å². The van der Waals surface area contributed by atoms with E-state index in [2.05, 4.69) is 62.4 Å². The Morgan fingerprint density at radius 1 is 0.595 bits per heavy atom. The van der Waals surface area contributed by atoms with Crippen LogP contribution in [0.5, 0.6) is 11.5 Å². The van der Waals surface area contributed by atoms with E-state index >= 15 is 0 Å². The fourth-order valence-corrected chi connectivity index (χ4v) is 5.98. The Hall–Kier alpha value is -2.81. The molecule has 2 aliphatic carbocycles. The quantitative estimate of drug-likeness (QED) is 0.306. The van der Waals surface area contributed by atoms with Crippen molar-refractivity contribution in [2.24, 2.45) is 11.8 Å². The minimum absolute atomic E-state index is 0.254. The minimum atomic E-state index is -0.396. The van der Waals surface area contributed by atoms with E-state index in [0.29, 0.717) is 30.8 Å². The maximum absolute atomic E-state index is 14.7. The molecule has 0 N–H and O–H groups in total. The molecule has 5 rings (SSSR count). The van der Waals surface area contributed by atoms with Gasteiger partial charge in [-0.1, -0.05) is 88.1 Å². The van der Waals surface area contributed by atoms with Crippen LogP contribution in [0.1, 0.15) is 99.3 Å². The molecule has 0 heterocycles. The summed E-state index contributed by atoms with van der Waals surface area (Å²) in [5.41, 5.74) is 5.00. The molecule has 196 valence electrons. The average molecular weight is 501 g/mol. The lowest BCUT2D eigenvalue weighted by atomic mass is 9.79. The Morgan fingerprint density at radius 3 is 1.51 bits per heavy atom. The zero-order valence-corrected chi connectivity index (χ0v) is 22.4. The highest BCUT2D eigenvalue weighted by molar-refractivity contribution is 5.34. The van der Waals surface area contributed by atoms with E-state index in [1.807, 2.05) is 0 Å². The number of hydrogen-bond donors (Lipinski definition) is 0. The second-order valence-electron chi connectivity index (χ2n) is 11.6. The van der Waals surface area contributed by atoms with Gasteiger partial charge in [0.1, 0.15) is 19.0 Å². The fraction of sp³-hybridized carbons (Fsp3) is 0.471. The third-order valence-electron chi connectivity index (χ3n) is 8.64. The van der Waals surface area contributed by atoms with Crippen molar-refractivity contribution >= 4 is 0 Å². The SMILES string of the molecule is CC1CCC(c2ccc(COc3ccc(OCc4ccc(C5CCC(C)CC5)cc4)c(F)c3)cc2)CC1. The van der Waals surface area contributed by atoms with Gasteiger partial charge in [-0.25, -0.2) is 4.39 Å². The molecule has 0 aliphatic heterocycles. The normalized spacial score (nSPS) is 24.0. The van der Waals surface area contributed by atoms with E-state index in [4.69, 9.17) is 9.47 Å². The zero-order valence-electron chi connectivity index (χ0n) is 22.4. The molecule has 0 aromatic heterocycles. The number of halogens is 1. The summed E-state index contributed by atoms with van der Waals surface area (Å²) in [6.45, 7) is 5.48. The van der Waals surface area contributed by atoms with Gasteiger partial charge in [-0.05, 0) is 83.7 Å². The first-order chi connectivity index (χ1) is 18.0. The molecule has 0 bridgehead atoms. The Morgan fingerprint density at radius 2 is 1.05 bits per heavy atom. The Bertz CT molecular complexity index is 1120. The van der Waals surface area contributed by atoms with Crippen LogP contribution >= 0.6 is 0 Å². The van der Waals surface area contributed by atoms with Gasteiger partial charge in [0.25, 0.3) is 0 Å². The molecule has 2 aliphatic rings. The minimum Gasteiger partial charge on any atom is -0.489 e. The lowest BCUT2D eigenvalue weighted by molar-refractivity contribution is 0.282. The fourth-order valence-electron chi connectivity index (χ4n) is 5.98. The first kappa shape index (κ1) is 25.8. The molecule has 0 amide bonds. The molecule has 3 aromatic carbocycles. The number of rotatable bonds is 8. The van der Waals surface area contributed by atoms with Crippen LogP contribution in [0, 0.1) is 17.7 Å². The molecule has 2 fully saturated rings. The second-order valence-corrected chi connectivity index (χ2v) is 11.6. The van der Waals surface area contributed by atoms with Crippen molar-refractivity contribution in [3.05, 3.63) is 94.8 Å². The Labute approximate surface area is 222 Å². The monoisotopic (exact) mass is 500 g/mol. The van der Waals surface area contributed by atoms with Crippen molar-refractivity contribution in [1.29, 1.82) is 0 Å². The largest absolute Gasteiger partial charge is 0.489 e. The van der Waals surface area contributed by atoms with E-state index < -0.39 is 5.82 Å². The zero-order chi connectivity index (χ0) is 25.6. The van der Waals surface area contributed by atoms with Gasteiger partial charge in [0.2, 0.25) is 0 Å². The van der Waals surface area contributed by atoms with Crippen molar-refractivity contribution in [1.82, 2.24) is 0 Å². The van der Waals surface area contributed by atoms with Crippen LogP contribution in [-0.2, 0) is 13.2 Å². The second kappa shape index (κ2) is 12.2. The Kier molecular flexibility index (Phi) is 8.48. The number of ether oxygens (including phenoxy) is 2. The van der Waals surface area contributed by atoms with Gasteiger partial charge in [0, 0.05) is 6.07 Å². The highest BCUT2D eigenvalue weighted by atomic mass is 19.1. The highest BCUT2D eigenvalue weighted by Gasteiger charge is 2.20. The molecule has 37 heavy (non-hydrogen) atoms. The molecule has 0 unspecified atom stereocenters. The van der Waals surface area contributed by atoms with Gasteiger partial charge in [0.15, 0.2) is 11.6 Å². The third kappa shape index (κ3) is 6.94. The third-order valence-corrected chi connectivity index (χ3v) is 8.64. The summed E-state index contributed by atoms with van der Waals surface area (Å²) in [5.74, 6) is 3.46. The standard InChI is InChI=1S/C34H41FO2/c1-24-3-11-28(12-4-24)30-15-7-26(8-16-30)22-36-32-19-20-34(33(35)21-32)37-23-27-9-17-31(18-10-27)29-13-5-25(2)6-14-29/h7-10,15-21,24-25,28-29H,3-6,11-14,22-23H2,1-2H3. The van der Waals surface area contributed by atoms with Crippen molar-refractivity contribution < 1.29 is 13.9 Å². The van der Waals surface area contributed by atoms with Crippen LogP contribution in [0.4, 0.5) is 4.39 Å². The van der Waals surface area contributed by atoms with Gasteiger partial charge in [-0.15, -0.1) is 0 Å². The summed E-state index contributed by atoms with van der Waals surface area (Å²) >= 11 is 0. The molecule has 3 aromatic rings. The number of hydrogen-bond acceptors (Lipinski definition) is 2.